The van der Waals surface area contributed by atoms with Crippen molar-refractivity contribution in [1.29, 1.82) is 0 Å². The van der Waals surface area contributed by atoms with E-state index < -0.39 is 42.6 Å². The van der Waals surface area contributed by atoms with Crippen LogP contribution in [-0.4, -0.2) is 63.0 Å². The van der Waals surface area contributed by atoms with Crippen LogP contribution in [0.2, 0.25) is 0 Å². The molecule has 2 aromatic carbocycles. The minimum Gasteiger partial charge on any atom is -0.497 e. The molecule has 0 aliphatic carbocycles. The van der Waals surface area contributed by atoms with E-state index in [-0.39, 0.29) is 19.8 Å². The molecule has 0 amide bonds. The second-order valence-corrected chi connectivity index (χ2v) is 8.26. The van der Waals surface area contributed by atoms with Crippen molar-refractivity contribution in [2.24, 2.45) is 0 Å². The van der Waals surface area contributed by atoms with Gasteiger partial charge in [-0.25, -0.2) is 0 Å². The molecule has 0 saturated carbocycles. The van der Waals surface area contributed by atoms with Gasteiger partial charge in [-0.05, 0) is 30.2 Å². The molecule has 0 bridgehead atoms. The lowest BCUT2D eigenvalue weighted by atomic mass is 9.98. The molecule has 1 aliphatic heterocycles. The van der Waals surface area contributed by atoms with E-state index in [2.05, 4.69) is 0 Å². The van der Waals surface area contributed by atoms with E-state index in [1.165, 1.54) is 13.8 Å². The summed E-state index contributed by atoms with van der Waals surface area (Å²) in [6.45, 7) is 5.12. The Morgan fingerprint density at radius 3 is 2.03 bits per heavy atom. The van der Waals surface area contributed by atoms with Gasteiger partial charge in [0.1, 0.15) is 30.7 Å². The summed E-state index contributed by atoms with van der Waals surface area (Å²) in [6.07, 6.45) is -4.06. The fourth-order valence-electron chi connectivity index (χ4n) is 3.89. The highest BCUT2D eigenvalue weighted by Gasteiger charge is 2.50. The first-order chi connectivity index (χ1) is 17.4. The number of methoxy groups -OCH3 is 1. The normalized spacial score (nSPS) is 23.6. The SMILES string of the molecule is CCO[C@H]1O[C@H](COC(C)=O)[C@@H](OC(C)=O)[C@H](OCc2ccccc2)[C@@H]1OCc1ccc(OC)cc1. The average Bonchev–Trinajstić information content (AvgIpc) is 2.87. The van der Waals surface area contributed by atoms with Crippen LogP contribution in [-0.2, 0) is 51.2 Å². The molecular formula is C27H34O9. The number of ether oxygens (including phenoxy) is 7. The summed E-state index contributed by atoms with van der Waals surface area (Å²) in [5.74, 6) is -0.263. The minimum absolute atomic E-state index is 0.132. The first-order valence-electron chi connectivity index (χ1n) is 11.9. The fraction of sp³-hybridized carbons (Fsp3) is 0.481. The minimum atomic E-state index is -0.900. The van der Waals surface area contributed by atoms with Gasteiger partial charge in [0.2, 0.25) is 0 Å². The van der Waals surface area contributed by atoms with Crippen LogP contribution in [0.1, 0.15) is 31.9 Å². The first-order valence-corrected chi connectivity index (χ1v) is 11.9. The Labute approximate surface area is 211 Å². The summed E-state index contributed by atoms with van der Waals surface area (Å²) in [6, 6.07) is 17.1. The van der Waals surface area contributed by atoms with Gasteiger partial charge in [-0.3, -0.25) is 9.59 Å². The summed E-state index contributed by atoms with van der Waals surface area (Å²) in [4.78, 5) is 23.5. The van der Waals surface area contributed by atoms with E-state index in [0.29, 0.717) is 6.61 Å². The third-order valence-electron chi connectivity index (χ3n) is 5.56. The number of rotatable bonds is 12. The quantitative estimate of drug-likeness (QED) is 0.404. The lowest BCUT2D eigenvalue weighted by molar-refractivity contribution is -0.320. The van der Waals surface area contributed by atoms with Gasteiger partial charge < -0.3 is 33.2 Å². The Morgan fingerprint density at radius 1 is 0.806 bits per heavy atom. The molecule has 36 heavy (non-hydrogen) atoms. The molecule has 196 valence electrons. The van der Waals surface area contributed by atoms with Crippen molar-refractivity contribution in [2.75, 3.05) is 20.3 Å². The maximum absolute atomic E-state index is 12.0. The zero-order valence-corrected chi connectivity index (χ0v) is 21.1. The maximum Gasteiger partial charge on any atom is 0.303 e. The van der Waals surface area contributed by atoms with Crippen molar-refractivity contribution in [3.63, 3.8) is 0 Å². The Bertz CT molecular complexity index is 947. The second kappa shape index (κ2) is 13.9. The van der Waals surface area contributed by atoms with E-state index in [1.807, 2.05) is 61.5 Å². The molecule has 0 radical (unpaired) electrons. The second-order valence-electron chi connectivity index (χ2n) is 8.26. The summed E-state index contributed by atoms with van der Waals surface area (Å²) in [5.41, 5.74) is 1.84. The molecule has 9 nitrogen and oxygen atoms in total. The Kier molecular flexibility index (Phi) is 10.7. The van der Waals surface area contributed by atoms with Crippen LogP contribution in [0.4, 0.5) is 0 Å². The van der Waals surface area contributed by atoms with Crippen molar-refractivity contribution >= 4 is 11.9 Å². The van der Waals surface area contributed by atoms with Gasteiger partial charge >= 0.3 is 11.9 Å². The van der Waals surface area contributed by atoms with Crippen molar-refractivity contribution < 1.29 is 42.7 Å². The first kappa shape index (κ1) is 27.6. The van der Waals surface area contributed by atoms with Gasteiger partial charge in [-0.1, -0.05) is 42.5 Å². The standard InChI is InChI=1S/C27H34O9/c1-5-31-27-26(34-16-21-11-13-22(30-4)14-12-21)25(33-15-20-9-7-6-8-10-20)24(35-19(3)29)23(36-27)17-32-18(2)28/h6-14,23-27H,5,15-17H2,1-4H3/t23-,24-,25+,26+,27+/m1/s1. The van der Waals surface area contributed by atoms with E-state index in [9.17, 15) is 9.59 Å². The van der Waals surface area contributed by atoms with Gasteiger partial charge in [0.05, 0.1) is 20.3 Å². The van der Waals surface area contributed by atoms with Crippen LogP contribution in [0.5, 0.6) is 5.75 Å². The van der Waals surface area contributed by atoms with Crippen LogP contribution in [0, 0.1) is 0 Å². The number of hydrogen-bond acceptors (Lipinski definition) is 9. The highest BCUT2D eigenvalue weighted by molar-refractivity contribution is 5.66. The topological polar surface area (TPSA) is 98.8 Å². The summed E-state index contributed by atoms with van der Waals surface area (Å²) in [7, 11) is 1.60. The lowest BCUT2D eigenvalue weighted by Crippen LogP contribution is -2.62. The molecule has 1 heterocycles. The largest absolute Gasteiger partial charge is 0.497 e. The fourth-order valence-corrected chi connectivity index (χ4v) is 3.89. The van der Waals surface area contributed by atoms with Crippen LogP contribution >= 0.6 is 0 Å². The van der Waals surface area contributed by atoms with E-state index in [0.717, 1.165) is 16.9 Å². The van der Waals surface area contributed by atoms with Crippen LogP contribution in [0.15, 0.2) is 54.6 Å². The summed E-state index contributed by atoms with van der Waals surface area (Å²) in [5, 5.41) is 0. The highest BCUT2D eigenvalue weighted by atomic mass is 16.7. The van der Waals surface area contributed by atoms with E-state index in [4.69, 9.17) is 33.2 Å². The van der Waals surface area contributed by atoms with Gasteiger partial charge in [0.25, 0.3) is 0 Å². The number of benzene rings is 2. The molecule has 0 unspecified atom stereocenters. The maximum atomic E-state index is 12.0. The van der Waals surface area contributed by atoms with Crippen molar-refractivity contribution in [3.05, 3.63) is 65.7 Å². The van der Waals surface area contributed by atoms with E-state index in [1.54, 1.807) is 7.11 Å². The van der Waals surface area contributed by atoms with Gasteiger partial charge in [-0.15, -0.1) is 0 Å². The Balaban J connectivity index is 1.88. The number of esters is 2. The monoisotopic (exact) mass is 502 g/mol. The van der Waals surface area contributed by atoms with Crippen molar-refractivity contribution in [3.8, 4) is 5.75 Å². The molecule has 5 atom stereocenters. The number of hydrogen-bond donors (Lipinski definition) is 0. The molecule has 9 heteroatoms. The predicted molar refractivity (Wildman–Crippen MR) is 129 cm³/mol. The zero-order valence-electron chi connectivity index (χ0n) is 21.1. The smallest absolute Gasteiger partial charge is 0.303 e. The Hall–Kier alpha value is -2.98. The van der Waals surface area contributed by atoms with Crippen molar-refractivity contribution in [1.82, 2.24) is 0 Å². The molecule has 1 saturated heterocycles. The molecule has 0 aromatic heterocycles. The molecule has 1 fully saturated rings. The van der Waals surface area contributed by atoms with Crippen LogP contribution in [0.25, 0.3) is 0 Å². The third kappa shape index (κ3) is 8.03. The molecule has 0 spiro atoms. The third-order valence-corrected chi connectivity index (χ3v) is 5.56. The lowest BCUT2D eigenvalue weighted by Gasteiger charge is -2.45. The Morgan fingerprint density at radius 2 is 1.44 bits per heavy atom. The molecule has 0 N–H and O–H groups in total. The predicted octanol–water partition coefficient (Wildman–Crippen LogP) is 3.42. The zero-order chi connectivity index (χ0) is 25.9. The molecule has 2 aromatic rings. The van der Waals surface area contributed by atoms with E-state index >= 15 is 0 Å². The number of carbonyl (C=O) groups is 2. The highest BCUT2D eigenvalue weighted by Crippen LogP contribution is 2.31. The average molecular weight is 503 g/mol. The molecule has 1 aliphatic rings. The molecule has 3 rings (SSSR count). The summed E-state index contributed by atoms with van der Waals surface area (Å²) >= 11 is 0. The number of carbonyl (C=O) groups excluding carboxylic acids is 2. The van der Waals surface area contributed by atoms with Gasteiger partial charge in [0, 0.05) is 20.5 Å². The van der Waals surface area contributed by atoms with Gasteiger partial charge in [-0.2, -0.15) is 0 Å². The summed E-state index contributed by atoms with van der Waals surface area (Å²) < 4.78 is 40.6. The van der Waals surface area contributed by atoms with Crippen LogP contribution in [0.3, 0.4) is 0 Å². The van der Waals surface area contributed by atoms with Crippen LogP contribution < -0.4 is 4.74 Å². The van der Waals surface area contributed by atoms with Crippen molar-refractivity contribution in [2.45, 2.75) is 64.7 Å². The van der Waals surface area contributed by atoms with Gasteiger partial charge in [0.15, 0.2) is 12.4 Å². The molecular weight excluding hydrogens is 468 g/mol.